The molecule has 120 valence electrons. The van der Waals surface area contributed by atoms with Crippen molar-refractivity contribution in [3.05, 3.63) is 68.9 Å². The number of rotatable bonds is 5. The first-order chi connectivity index (χ1) is 11.0. The molecule has 0 aliphatic carbocycles. The number of esters is 1. The van der Waals surface area contributed by atoms with Crippen molar-refractivity contribution in [3.63, 3.8) is 0 Å². The second-order valence-electron chi connectivity index (χ2n) is 4.60. The van der Waals surface area contributed by atoms with Gasteiger partial charge in [0.25, 0.3) is 5.91 Å². The normalized spacial score (nSPS) is 10.2. The standard InChI is InChI=1S/C16H12BrClFNO3/c17-11-3-1-10(2-4-11)8-20-15(21)9-23-16(22)13-7-12(18)5-6-14(13)19/h1-7H,8-9H2,(H,20,21). The molecule has 7 heteroatoms. The molecule has 4 nitrogen and oxygen atoms in total. The third-order valence-corrected chi connectivity index (χ3v) is 3.65. The van der Waals surface area contributed by atoms with Gasteiger partial charge in [0.15, 0.2) is 6.61 Å². The molecular formula is C16H12BrClFNO3. The van der Waals surface area contributed by atoms with E-state index in [0.717, 1.165) is 22.2 Å². The third kappa shape index (κ3) is 5.33. The summed E-state index contributed by atoms with van der Waals surface area (Å²) in [7, 11) is 0. The Balaban J connectivity index is 1.83. The van der Waals surface area contributed by atoms with Gasteiger partial charge in [0.2, 0.25) is 0 Å². The molecule has 1 amide bonds. The summed E-state index contributed by atoms with van der Waals surface area (Å²) in [6, 6.07) is 10.9. The molecule has 0 heterocycles. The number of carbonyl (C=O) groups excluding carboxylic acids is 2. The number of ether oxygens (including phenoxy) is 1. The van der Waals surface area contributed by atoms with E-state index in [4.69, 9.17) is 16.3 Å². The highest BCUT2D eigenvalue weighted by molar-refractivity contribution is 9.10. The lowest BCUT2D eigenvalue weighted by atomic mass is 10.2. The summed E-state index contributed by atoms with van der Waals surface area (Å²) in [4.78, 5) is 23.4. The van der Waals surface area contributed by atoms with E-state index in [1.165, 1.54) is 6.07 Å². The van der Waals surface area contributed by atoms with Gasteiger partial charge in [-0.25, -0.2) is 9.18 Å². The van der Waals surface area contributed by atoms with Gasteiger partial charge in [0, 0.05) is 16.0 Å². The van der Waals surface area contributed by atoms with Crippen LogP contribution in [-0.4, -0.2) is 18.5 Å². The van der Waals surface area contributed by atoms with E-state index in [1.54, 1.807) is 0 Å². The molecule has 2 rings (SSSR count). The van der Waals surface area contributed by atoms with Crippen LogP contribution in [0.1, 0.15) is 15.9 Å². The maximum atomic E-state index is 13.5. The van der Waals surface area contributed by atoms with Crippen LogP contribution in [0.3, 0.4) is 0 Å². The quantitative estimate of drug-likeness (QED) is 0.779. The number of hydrogen-bond acceptors (Lipinski definition) is 3. The number of halogens is 3. The first-order valence-electron chi connectivity index (χ1n) is 6.59. The van der Waals surface area contributed by atoms with Gasteiger partial charge in [-0.2, -0.15) is 0 Å². The molecule has 0 saturated carbocycles. The summed E-state index contributed by atoms with van der Waals surface area (Å²) in [5.74, 6) is -2.18. The van der Waals surface area contributed by atoms with Gasteiger partial charge in [-0.05, 0) is 35.9 Å². The second kappa shape index (κ2) is 8.08. The maximum Gasteiger partial charge on any atom is 0.341 e. The zero-order valence-corrected chi connectivity index (χ0v) is 14.2. The Hall–Kier alpha value is -1.92. The molecule has 0 unspecified atom stereocenters. The van der Waals surface area contributed by atoms with Crippen LogP contribution < -0.4 is 5.32 Å². The molecule has 0 aliphatic rings. The lowest BCUT2D eigenvalue weighted by Gasteiger charge is -2.07. The van der Waals surface area contributed by atoms with Gasteiger partial charge in [-0.15, -0.1) is 0 Å². The van der Waals surface area contributed by atoms with E-state index < -0.39 is 24.3 Å². The molecule has 0 aliphatic heterocycles. The Labute approximate surface area is 145 Å². The molecule has 0 saturated heterocycles. The zero-order chi connectivity index (χ0) is 16.8. The summed E-state index contributed by atoms with van der Waals surface area (Å²) in [5, 5.41) is 2.81. The Bertz CT molecular complexity index is 722. The van der Waals surface area contributed by atoms with Crippen LogP contribution in [0.4, 0.5) is 4.39 Å². The van der Waals surface area contributed by atoms with Crippen molar-refractivity contribution >= 4 is 39.4 Å². The van der Waals surface area contributed by atoms with Crippen LogP contribution in [-0.2, 0) is 16.1 Å². The van der Waals surface area contributed by atoms with Crippen molar-refractivity contribution in [2.24, 2.45) is 0 Å². The van der Waals surface area contributed by atoms with Gasteiger partial charge in [-0.3, -0.25) is 4.79 Å². The van der Waals surface area contributed by atoms with Crippen LogP contribution in [0, 0.1) is 5.82 Å². The Morgan fingerprint density at radius 1 is 1.17 bits per heavy atom. The highest BCUT2D eigenvalue weighted by Gasteiger charge is 2.15. The minimum Gasteiger partial charge on any atom is -0.452 e. The van der Waals surface area contributed by atoms with Gasteiger partial charge in [-0.1, -0.05) is 39.7 Å². The Kier molecular flexibility index (Phi) is 6.12. The van der Waals surface area contributed by atoms with Crippen molar-refractivity contribution in [2.45, 2.75) is 6.54 Å². The van der Waals surface area contributed by atoms with E-state index >= 15 is 0 Å². The van der Waals surface area contributed by atoms with Gasteiger partial charge in [0.05, 0.1) is 5.56 Å². The molecule has 0 aromatic heterocycles. The fraction of sp³-hybridized carbons (Fsp3) is 0.125. The number of amides is 1. The Morgan fingerprint density at radius 3 is 2.57 bits per heavy atom. The molecule has 0 spiro atoms. The third-order valence-electron chi connectivity index (χ3n) is 2.89. The lowest BCUT2D eigenvalue weighted by molar-refractivity contribution is -0.124. The van der Waals surface area contributed by atoms with Crippen LogP contribution >= 0.6 is 27.5 Å². The molecule has 0 bridgehead atoms. The SMILES string of the molecule is O=C(COC(=O)c1cc(Cl)ccc1F)NCc1ccc(Br)cc1. The highest BCUT2D eigenvalue weighted by atomic mass is 79.9. The van der Waals surface area contributed by atoms with E-state index in [9.17, 15) is 14.0 Å². The maximum absolute atomic E-state index is 13.5. The van der Waals surface area contributed by atoms with Crippen molar-refractivity contribution < 1.29 is 18.7 Å². The predicted molar refractivity (Wildman–Crippen MR) is 87.7 cm³/mol. The van der Waals surface area contributed by atoms with E-state index in [2.05, 4.69) is 21.2 Å². The van der Waals surface area contributed by atoms with Crippen LogP contribution in [0.5, 0.6) is 0 Å². The molecule has 23 heavy (non-hydrogen) atoms. The largest absolute Gasteiger partial charge is 0.452 e. The second-order valence-corrected chi connectivity index (χ2v) is 5.96. The number of hydrogen-bond donors (Lipinski definition) is 1. The molecule has 2 aromatic carbocycles. The van der Waals surface area contributed by atoms with Crippen LogP contribution in [0.2, 0.25) is 5.02 Å². The van der Waals surface area contributed by atoms with E-state index in [-0.39, 0.29) is 10.6 Å². The number of carbonyl (C=O) groups is 2. The summed E-state index contributed by atoms with van der Waals surface area (Å²) in [6.07, 6.45) is 0. The average molecular weight is 401 g/mol. The predicted octanol–water partition coefficient (Wildman–Crippen LogP) is 3.71. The van der Waals surface area contributed by atoms with Crippen LogP contribution in [0.15, 0.2) is 46.9 Å². The first-order valence-corrected chi connectivity index (χ1v) is 7.76. The summed E-state index contributed by atoms with van der Waals surface area (Å²) in [5.41, 5.74) is 0.590. The van der Waals surface area contributed by atoms with Crippen LogP contribution in [0.25, 0.3) is 0 Å². The molecule has 1 N–H and O–H groups in total. The average Bonchev–Trinajstić information content (AvgIpc) is 2.54. The monoisotopic (exact) mass is 399 g/mol. The van der Waals surface area contributed by atoms with Crippen molar-refractivity contribution in [2.75, 3.05) is 6.61 Å². The van der Waals surface area contributed by atoms with Gasteiger partial charge in [0.1, 0.15) is 5.82 Å². The van der Waals surface area contributed by atoms with Gasteiger partial charge >= 0.3 is 5.97 Å². The zero-order valence-electron chi connectivity index (χ0n) is 11.8. The minimum absolute atomic E-state index is 0.207. The minimum atomic E-state index is -0.941. The summed E-state index contributed by atoms with van der Waals surface area (Å²) < 4.78 is 19.2. The number of benzene rings is 2. The highest BCUT2D eigenvalue weighted by Crippen LogP contribution is 2.15. The summed E-state index contributed by atoms with van der Waals surface area (Å²) in [6.45, 7) is -0.198. The fourth-order valence-corrected chi connectivity index (χ4v) is 2.15. The van der Waals surface area contributed by atoms with Gasteiger partial charge < -0.3 is 10.1 Å². The van der Waals surface area contributed by atoms with Crippen molar-refractivity contribution in [1.82, 2.24) is 5.32 Å². The van der Waals surface area contributed by atoms with Crippen molar-refractivity contribution in [3.8, 4) is 0 Å². The molecular weight excluding hydrogens is 389 g/mol. The van der Waals surface area contributed by atoms with E-state index in [0.29, 0.717) is 6.54 Å². The topological polar surface area (TPSA) is 55.4 Å². The molecule has 0 fully saturated rings. The smallest absolute Gasteiger partial charge is 0.341 e. The van der Waals surface area contributed by atoms with Crippen molar-refractivity contribution in [1.29, 1.82) is 0 Å². The molecule has 0 atom stereocenters. The molecule has 0 radical (unpaired) electrons. The lowest BCUT2D eigenvalue weighted by Crippen LogP contribution is -2.28. The first kappa shape index (κ1) is 17.4. The van der Waals surface area contributed by atoms with E-state index in [1.807, 2.05) is 24.3 Å². The summed E-state index contributed by atoms with van der Waals surface area (Å²) >= 11 is 9.01. The molecule has 2 aromatic rings. The Morgan fingerprint density at radius 2 is 1.87 bits per heavy atom. The number of nitrogens with one attached hydrogen (secondary N) is 1. The fourth-order valence-electron chi connectivity index (χ4n) is 1.72.